The van der Waals surface area contributed by atoms with E-state index in [0.717, 1.165) is 25.7 Å². The number of hydrogen-bond acceptors (Lipinski definition) is 2. The fourth-order valence-electron chi connectivity index (χ4n) is 1.68. The quantitative estimate of drug-likeness (QED) is 0.619. The van der Waals surface area contributed by atoms with Crippen molar-refractivity contribution < 1.29 is 9.84 Å². The Labute approximate surface area is 81.6 Å². The van der Waals surface area contributed by atoms with Gasteiger partial charge in [0.05, 0.1) is 11.7 Å². The van der Waals surface area contributed by atoms with Crippen molar-refractivity contribution in [3.63, 3.8) is 0 Å². The highest BCUT2D eigenvalue weighted by Gasteiger charge is 2.33. The zero-order valence-corrected chi connectivity index (χ0v) is 9.05. The lowest BCUT2D eigenvalue weighted by Crippen LogP contribution is -2.43. The van der Waals surface area contributed by atoms with Crippen LogP contribution in [-0.2, 0) is 4.74 Å². The van der Waals surface area contributed by atoms with E-state index in [-0.39, 0.29) is 11.7 Å². The van der Waals surface area contributed by atoms with E-state index in [0.29, 0.717) is 0 Å². The molecular weight excluding hydrogens is 164 g/mol. The van der Waals surface area contributed by atoms with Crippen LogP contribution in [0.3, 0.4) is 0 Å². The number of ether oxygens (including phenoxy) is 1. The molecule has 1 unspecified atom stereocenters. The molecule has 0 heterocycles. The van der Waals surface area contributed by atoms with Gasteiger partial charge >= 0.3 is 0 Å². The molecule has 0 radical (unpaired) electrons. The lowest BCUT2D eigenvalue weighted by Gasteiger charge is -2.35. The Balaban J connectivity index is 4.24. The van der Waals surface area contributed by atoms with Crippen molar-refractivity contribution in [2.24, 2.45) is 0 Å². The van der Waals surface area contributed by atoms with Gasteiger partial charge in [0, 0.05) is 7.11 Å². The van der Waals surface area contributed by atoms with E-state index in [1.54, 1.807) is 7.11 Å². The van der Waals surface area contributed by atoms with E-state index >= 15 is 0 Å². The number of hydrogen-bond donors (Lipinski definition) is 1. The van der Waals surface area contributed by atoms with Crippen LogP contribution in [0.4, 0.5) is 0 Å². The Morgan fingerprint density at radius 2 is 2.00 bits per heavy atom. The van der Waals surface area contributed by atoms with Gasteiger partial charge in [-0.05, 0) is 25.7 Å². The summed E-state index contributed by atoms with van der Waals surface area (Å²) in [5.74, 6) is 0. The van der Waals surface area contributed by atoms with Gasteiger partial charge in [-0.3, -0.25) is 0 Å². The molecule has 0 amide bonds. The van der Waals surface area contributed by atoms with E-state index in [1.807, 2.05) is 19.9 Å². The van der Waals surface area contributed by atoms with Crippen LogP contribution in [0.15, 0.2) is 12.7 Å². The summed E-state index contributed by atoms with van der Waals surface area (Å²) < 4.78 is 5.41. The van der Waals surface area contributed by atoms with Crippen molar-refractivity contribution >= 4 is 0 Å². The molecule has 78 valence electrons. The second kappa shape index (κ2) is 6.17. The van der Waals surface area contributed by atoms with Crippen LogP contribution >= 0.6 is 0 Å². The van der Waals surface area contributed by atoms with Gasteiger partial charge in [0.25, 0.3) is 0 Å². The van der Waals surface area contributed by atoms with Crippen molar-refractivity contribution in [1.29, 1.82) is 0 Å². The predicted molar refractivity (Wildman–Crippen MR) is 55.8 cm³/mol. The number of methoxy groups -OCH3 is 1. The predicted octanol–water partition coefficient (Wildman–Crippen LogP) is 2.52. The molecule has 0 fully saturated rings. The fourth-order valence-corrected chi connectivity index (χ4v) is 1.68. The molecule has 0 aliphatic carbocycles. The molecule has 2 heteroatoms. The van der Waals surface area contributed by atoms with Gasteiger partial charge in [0.2, 0.25) is 0 Å². The Morgan fingerprint density at radius 3 is 2.31 bits per heavy atom. The molecule has 0 spiro atoms. The minimum atomic E-state index is -0.384. The zero-order chi connectivity index (χ0) is 10.3. The SMILES string of the molecule is C=CCCC(O)C(CC)(CC)OC. The normalized spacial score (nSPS) is 14.2. The molecule has 0 aliphatic heterocycles. The summed E-state index contributed by atoms with van der Waals surface area (Å²) in [6.07, 6.45) is 4.71. The Hall–Kier alpha value is -0.340. The molecule has 13 heavy (non-hydrogen) atoms. The van der Waals surface area contributed by atoms with Gasteiger partial charge in [-0.1, -0.05) is 19.9 Å². The first-order valence-electron chi connectivity index (χ1n) is 5.01. The molecule has 0 aromatic heterocycles. The Kier molecular flexibility index (Phi) is 6.00. The molecule has 0 aromatic rings. The standard InChI is InChI=1S/C11H22O2/c1-5-8-9-10(12)11(6-2,7-3)13-4/h5,10,12H,1,6-9H2,2-4H3. The summed E-state index contributed by atoms with van der Waals surface area (Å²) in [4.78, 5) is 0. The summed E-state index contributed by atoms with van der Waals surface area (Å²) in [5, 5.41) is 9.92. The van der Waals surface area contributed by atoms with E-state index in [4.69, 9.17) is 4.74 Å². The van der Waals surface area contributed by atoms with Gasteiger partial charge in [-0.25, -0.2) is 0 Å². The zero-order valence-electron chi connectivity index (χ0n) is 9.05. The van der Waals surface area contributed by atoms with Gasteiger partial charge in [0.1, 0.15) is 0 Å². The van der Waals surface area contributed by atoms with Crippen molar-refractivity contribution in [2.45, 2.75) is 51.2 Å². The van der Waals surface area contributed by atoms with E-state index in [9.17, 15) is 5.11 Å². The third-order valence-corrected chi connectivity index (χ3v) is 2.85. The Bertz CT molecular complexity index is 131. The van der Waals surface area contributed by atoms with Crippen LogP contribution in [0, 0.1) is 0 Å². The van der Waals surface area contributed by atoms with Crippen molar-refractivity contribution in [3.8, 4) is 0 Å². The van der Waals surface area contributed by atoms with Gasteiger partial charge in [-0.2, -0.15) is 0 Å². The van der Waals surface area contributed by atoms with Crippen LogP contribution in [0.25, 0.3) is 0 Å². The first-order chi connectivity index (χ1) is 6.16. The van der Waals surface area contributed by atoms with Gasteiger partial charge in [-0.15, -0.1) is 6.58 Å². The van der Waals surface area contributed by atoms with Gasteiger partial charge < -0.3 is 9.84 Å². The highest BCUT2D eigenvalue weighted by atomic mass is 16.5. The van der Waals surface area contributed by atoms with Crippen LogP contribution in [0.2, 0.25) is 0 Å². The summed E-state index contributed by atoms with van der Waals surface area (Å²) >= 11 is 0. The average Bonchev–Trinajstić information content (AvgIpc) is 2.18. The molecule has 0 bridgehead atoms. The maximum absolute atomic E-state index is 9.92. The molecule has 0 saturated heterocycles. The highest BCUT2D eigenvalue weighted by Crippen LogP contribution is 2.26. The van der Waals surface area contributed by atoms with E-state index < -0.39 is 0 Å². The van der Waals surface area contributed by atoms with Crippen molar-refractivity contribution in [1.82, 2.24) is 0 Å². The van der Waals surface area contributed by atoms with E-state index in [1.165, 1.54) is 0 Å². The average molecular weight is 186 g/mol. The second-order valence-corrected chi connectivity index (χ2v) is 3.36. The van der Waals surface area contributed by atoms with Crippen LogP contribution in [0.5, 0.6) is 0 Å². The largest absolute Gasteiger partial charge is 0.390 e. The smallest absolute Gasteiger partial charge is 0.0931 e. The number of rotatable bonds is 7. The number of aliphatic hydroxyl groups excluding tert-OH is 1. The highest BCUT2D eigenvalue weighted by molar-refractivity contribution is 4.87. The first-order valence-corrected chi connectivity index (χ1v) is 5.01. The molecule has 2 nitrogen and oxygen atoms in total. The third kappa shape index (κ3) is 3.12. The van der Waals surface area contributed by atoms with Crippen LogP contribution in [0.1, 0.15) is 39.5 Å². The molecule has 1 atom stereocenters. The summed E-state index contributed by atoms with van der Waals surface area (Å²) in [6, 6.07) is 0. The summed E-state index contributed by atoms with van der Waals surface area (Å²) in [7, 11) is 1.67. The molecule has 0 aromatic carbocycles. The monoisotopic (exact) mass is 186 g/mol. The molecule has 0 saturated carbocycles. The van der Waals surface area contributed by atoms with Crippen LogP contribution < -0.4 is 0 Å². The number of aliphatic hydroxyl groups is 1. The van der Waals surface area contributed by atoms with E-state index in [2.05, 4.69) is 6.58 Å². The minimum absolute atomic E-state index is 0.358. The van der Waals surface area contributed by atoms with Crippen LogP contribution in [-0.4, -0.2) is 23.9 Å². The molecule has 1 N–H and O–H groups in total. The number of allylic oxidation sites excluding steroid dienone is 1. The summed E-state index contributed by atoms with van der Waals surface area (Å²) in [6.45, 7) is 7.73. The third-order valence-electron chi connectivity index (χ3n) is 2.85. The van der Waals surface area contributed by atoms with Crippen molar-refractivity contribution in [2.75, 3.05) is 7.11 Å². The van der Waals surface area contributed by atoms with Crippen molar-refractivity contribution in [3.05, 3.63) is 12.7 Å². The molecule has 0 aliphatic rings. The first kappa shape index (κ1) is 12.7. The second-order valence-electron chi connectivity index (χ2n) is 3.36. The van der Waals surface area contributed by atoms with Gasteiger partial charge in [0.15, 0.2) is 0 Å². The maximum atomic E-state index is 9.92. The Morgan fingerprint density at radius 1 is 1.46 bits per heavy atom. The maximum Gasteiger partial charge on any atom is 0.0931 e. The lowest BCUT2D eigenvalue weighted by atomic mass is 9.88. The minimum Gasteiger partial charge on any atom is -0.390 e. The fraction of sp³-hybridized carbons (Fsp3) is 0.818. The molecular formula is C11H22O2. The topological polar surface area (TPSA) is 29.5 Å². The molecule has 0 rings (SSSR count). The summed E-state index contributed by atoms with van der Waals surface area (Å²) in [5.41, 5.74) is -0.358. The lowest BCUT2D eigenvalue weighted by molar-refractivity contribution is -0.109.